The Morgan fingerprint density at radius 2 is 1.10 bits per heavy atom. The van der Waals surface area contributed by atoms with Gasteiger partial charge in [0.05, 0.1) is 13.2 Å². The van der Waals surface area contributed by atoms with Gasteiger partial charge in [-0.2, -0.15) is 16.8 Å². The molecule has 0 amide bonds. The van der Waals surface area contributed by atoms with E-state index in [1.54, 1.807) is 0 Å². The standard InChI is InChI=1S/C2H4O6S2/c3-9(4)7-1-2-8-10(9,5)6/h1-2H2. The SMILES string of the molecule is O=S1(=O)OCCOS1(=O)=O. The van der Waals surface area contributed by atoms with Gasteiger partial charge < -0.3 is 0 Å². The zero-order valence-electron chi connectivity index (χ0n) is 4.68. The van der Waals surface area contributed by atoms with Gasteiger partial charge in [0.2, 0.25) is 0 Å². The number of hydrogen-bond donors (Lipinski definition) is 0. The Morgan fingerprint density at radius 1 is 0.800 bits per heavy atom. The Kier molecular flexibility index (Phi) is 1.71. The molecule has 10 heavy (non-hydrogen) atoms. The maximum absolute atomic E-state index is 10.4. The summed E-state index contributed by atoms with van der Waals surface area (Å²) >= 11 is 0. The molecule has 1 aliphatic rings. The van der Waals surface area contributed by atoms with Crippen LogP contribution in [0.1, 0.15) is 0 Å². The first-order valence-electron chi connectivity index (χ1n) is 2.24. The van der Waals surface area contributed by atoms with Crippen LogP contribution in [-0.4, -0.2) is 30.0 Å². The van der Waals surface area contributed by atoms with Gasteiger partial charge in [-0.1, -0.05) is 0 Å². The molecule has 0 saturated carbocycles. The van der Waals surface area contributed by atoms with Crippen molar-refractivity contribution in [1.82, 2.24) is 0 Å². The fraction of sp³-hybridized carbons (Fsp3) is 1.00. The van der Waals surface area contributed by atoms with Crippen molar-refractivity contribution >= 4 is 18.3 Å². The van der Waals surface area contributed by atoms with E-state index in [9.17, 15) is 16.8 Å². The van der Waals surface area contributed by atoms with E-state index in [0.717, 1.165) is 0 Å². The summed E-state index contributed by atoms with van der Waals surface area (Å²) in [5.74, 6) is 0. The van der Waals surface area contributed by atoms with Crippen LogP contribution < -0.4 is 0 Å². The van der Waals surface area contributed by atoms with Crippen molar-refractivity contribution in [2.24, 2.45) is 0 Å². The Hall–Kier alpha value is -0.180. The second kappa shape index (κ2) is 2.16. The van der Waals surface area contributed by atoms with Gasteiger partial charge in [0.25, 0.3) is 0 Å². The van der Waals surface area contributed by atoms with Crippen LogP contribution >= 0.6 is 0 Å². The molecule has 1 aliphatic heterocycles. The zero-order valence-corrected chi connectivity index (χ0v) is 6.31. The molecule has 0 N–H and O–H groups in total. The molecule has 0 aromatic carbocycles. The van der Waals surface area contributed by atoms with Crippen LogP contribution in [0.25, 0.3) is 0 Å². The molecule has 0 aromatic heterocycles. The highest BCUT2D eigenvalue weighted by molar-refractivity contribution is 8.63. The van der Waals surface area contributed by atoms with Gasteiger partial charge in [0.1, 0.15) is 0 Å². The summed E-state index contributed by atoms with van der Waals surface area (Å²) in [6, 6.07) is 0. The van der Waals surface area contributed by atoms with Gasteiger partial charge in [-0.3, -0.25) is 8.37 Å². The van der Waals surface area contributed by atoms with E-state index in [-0.39, 0.29) is 13.2 Å². The van der Waals surface area contributed by atoms with Crippen LogP contribution in [0.4, 0.5) is 0 Å². The fourth-order valence-electron chi connectivity index (χ4n) is 0.390. The lowest BCUT2D eigenvalue weighted by Gasteiger charge is -2.10. The van der Waals surface area contributed by atoms with E-state index in [2.05, 4.69) is 8.37 Å². The first-order chi connectivity index (χ1) is 4.46. The van der Waals surface area contributed by atoms with Crippen molar-refractivity contribution in [3.05, 3.63) is 0 Å². The van der Waals surface area contributed by atoms with Crippen molar-refractivity contribution in [3.63, 3.8) is 0 Å². The molecule has 0 spiro atoms. The molecule has 0 atom stereocenters. The van der Waals surface area contributed by atoms with Crippen LogP contribution in [0.3, 0.4) is 0 Å². The summed E-state index contributed by atoms with van der Waals surface area (Å²) in [6.45, 7) is -0.497. The monoisotopic (exact) mass is 188 g/mol. The topological polar surface area (TPSA) is 86.7 Å². The van der Waals surface area contributed by atoms with Gasteiger partial charge in [-0.15, -0.1) is 0 Å². The quantitative estimate of drug-likeness (QED) is 0.435. The third kappa shape index (κ3) is 1.15. The van der Waals surface area contributed by atoms with Crippen molar-refractivity contribution in [1.29, 1.82) is 0 Å². The molecule has 6 nitrogen and oxygen atoms in total. The summed E-state index contributed by atoms with van der Waals surface area (Å²) in [7, 11) is -9.02. The first-order valence-corrected chi connectivity index (χ1v) is 5.58. The lowest BCUT2D eigenvalue weighted by atomic mass is 10.8. The van der Waals surface area contributed by atoms with Gasteiger partial charge in [-0.05, 0) is 0 Å². The third-order valence-corrected chi connectivity index (χ3v) is 4.28. The molecule has 1 rings (SSSR count). The first kappa shape index (κ1) is 7.92. The third-order valence-electron chi connectivity index (χ3n) is 0.789. The maximum atomic E-state index is 10.4. The maximum Gasteiger partial charge on any atom is 0.400 e. The summed E-state index contributed by atoms with van der Waals surface area (Å²) in [6.07, 6.45) is 0. The van der Waals surface area contributed by atoms with E-state index < -0.39 is 18.3 Å². The van der Waals surface area contributed by atoms with Gasteiger partial charge >= 0.3 is 18.3 Å². The lowest BCUT2D eigenvalue weighted by molar-refractivity contribution is 0.210. The van der Waals surface area contributed by atoms with E-state index in [1.165, 1.54) is 0 Å². The fourth-order valence-corrected chi connectivity index (χ4v) is 2.29. The number of hydrogen-bond acceptors (Lipinski definition) is 6. The minimum Gasteiger partial charge on any atom is -0.254 e. The summed E-state index contributed by atoms with van der Waals surface area (Å²) in [4.78, 5) is 0. The smallest absolute Gasteiger partial charge is 0.254 e. The minimum absolute atomic E-state index is 0.248. The molecule has 0 aliphatic carbocycles. The lowest BCUT2D eigenvalue weighted by Crippen LogP contribution is -2.29. The summed E-state index contributed by atoms with van der Waals surface area (Å²) in [5, 5.41) is 0. The van der Waals surface area contributed by atoms with Crippen LogP contribution in [0, 0.1) is 0 Å². The molecule has 8 heteroatoms. The van der Waals surface area contributed by atoms with Crippen molar-refractivity contribution in [3.8, 4) is 0 Å². The van der Waals surface area contributed by atoms with E-state index >= 15 is 0 Å². The Bertz CT molecular complexity index is 274. The molecule has 0 unspecified atom stereocenters. The molecule has 0 bridgehead atoms. The number of rotatable bonds is 0. The highest BCUT2D eigenvalue weighted by Crippen LogP contribution is 2.12. The average molecular weight is 188 g/mol. The highest BCUT2D eigenvalue weighted by atomic mass is 33.2. The van der Waals surface area contributed by atoms with Gasteiger partial charge in [0.15, 0.2) is 0 Å². The zero-order chi connectivity index (χ0) is 7.83. The molecule has 1 saturated heterocycles. The second-order valence-corrected chi connectivity index (χ2v) is 6.01. The van der Waals surface area contributed by atoms with Crippen LogP contribution in [0.15, 0.2) is 0 Å². The molecule has 1 fully saturated rings. The molecular weight excluding hydrogens is 184 g/mol. The average Bonchev–Trinajstić information content (AvgIpc) is 1.77. The predicted molar refractivity (Wildman–Crippen MR) is 29.7 cm³/mol. The predicted octanol–water partition coefficient (Wildman–Crippen LogP) is -1.39. The molecule has 0 aromatic rings. The van der Waals surface area contributed by atoms with Gasteiger partial charge in [0, 0.05) is 0 Å². The van der Waals surface area contributed by atoms with Gasteiger partial charge in [-0.25, -0.2) is 0 Å². The highest BCUT2D eigenvalue weighted by Gasteiger charge is 2.35. The van der Waals surface area contributed by atoms with E-state index in [0.29, 0.717) is 0 Å². The summed E-state index contributed by atoms with van der Waals surface area (Å²) in [5.41, 5.74) is 0. The van der Waals surface area contributed by atoms with Crippen molar-refractivity contribution < 1.29 is 25.2 Å². The van der Waals surface area contributed by atoms with Crippen LogP contribution in [0.2, 0.25) is 0 Å². The van der Waals surface area contributed by atoms with E-state index in [4.69, 9.17) is 0 Å². The van der Waals surface area contributed by atoms with Crippen LogP contribution in [-0.2, 0) is 26.7 Å². The minimum atomic E-state index is -4.51. The van der Waals surface area contributed by atoms with Crippen LogP contribution in [0.5, 0.6) is 0 Å². The molecular formula is C2H4O6S2. The Balaban J connectivity index is 3.17. The summed E-state index contributed by atoms with van der Waals surface area (Å²) < 4.78 is 49.4. The van der Waals surface area contributed by atoms with Crippen molar-refractivity contribution in [2.75, 3.05) is 13.2 Å². The van der Waals surface area contributed by atoms with Crippen molar-refractivity contribution in [2.45, 2.75) is 0 Å². The Labute approximate surface area is 57.4 Å². The molecule has 1 heterocycles. The second-order valence-electron chi connectivity index (χ2n) is 1.46. The Morgan fingerprint density at radius 3 is 1.30 bits per heavy atom. The van der Waals surface area contributed by atoms with E-state index in [1.807, 2.05) is 0 Å². The molecule has 0 radical (unpaired) electrons. The normalized spacial score (nSPS) is 29.6. The largest absolute Gasteiger partial charge is 0.400 e. The molecule has 60 valence electrons.